The van der Waals surface area contributed by atoms with E-state index in [1.54, 1.807) is 18.4 Å². The maximum absolute atomic E-state index is 5.40. The highest BCUT2D eigenvalue weighted by atomic mass is 31.1. The summed E-state index contributed by atoms with van der Waals surface area (Å²) in [6, 6.07) is 0. The van der Waals surface area contributed by atoms with Crippen molar-refractivity contribution in [2.24, 2.45) is 4.52 Å². The van der Waals surface area contributed by atoms with E-state index in [9.17, 15) is 0 Å². The summed E-state index contributed by atoms with van der Waals surface area (Å²) < 4.78 is 35.8. The fourth-order valence-electron chi connectivity index (χ4n) is 1.48. The molecule has 126 valence electrons. The Bertz CT molecular complexity index is 478. The van der Waals surface area contributed by atoms with E-state index in [4.69, 9.17) is 28.0 Å². The smallest absolute Gasteiger partial charge is 0.279 e. The SMILES string of the molecule is C1=CCOC(OCCOPN=POCCOC2C=CC=CO2)=C1. The van der Waals surface area contributed by atoms with Crippen molar-refractivity contribution < 1.29 is 28.0 Å². The number of allylic oxidation sites excluding steroid dienone is 4. The molecule has 2 unspecified atom stereocenters. The second-order valence-electron chi connectivity index (χ2n) is 4.12. The van der Waals surface area contributed by atoms with Crippen LogP contribution in [0, 0.1) is 0 Å². The summed E-state index contributed by atoms with van der Waals surface area (Å²) >= 11 is 0. The molecule has 0 N–H and O–H groups in total. The monoisotopic (exact) mass is 359 g/mol. The molecular formula is C14H19NO6P2. The largest absolute Gasteiger partial charge is 0.469 e. The van der Waals surface area contributed by atoms with Crippen LogP contribution in [-0.4, -0.2) is 39.3 Å². The molecule has 0 aromatic rings. The lowest BCUT2D eigenvalue weighted by molar-refractivity contribution is -0.0797. The Morgan fingerprint density at radius 2 is 2.22 bits per heavy atom. The Labute approximate surface area is 138 Å². The van der Waals surface area contributed by atoms with E-state index in [2.05, 4.69) is 4.52 Å². The minimum Gasteiger partial charge on any atom is -0.469 e. The molecule has 2 rings (SSSR count). The van der Waals surface area contributed by atoms with Gasteiger partial charge in [0.1, 0.15) is 22.2 Å². The first-order valence-electron chi connectivity index (χ1n) is 7.07. The van der Waals surface area contributed by atoms with Crippen LogP contribution in [-0.2, 0) is 28.0 Å². The summed E-state index contributed by atoms with van der Waals surface area (Å²) in [5.74, 6) is 0.519. The zero-order chi connectivity index (χ0) is 16.0. The number of ether oxygens (including phenoxy) is 4. The van der Waals surface area contributed by atoms with Gasteiger partial charge in [-0.2, -0.15) is 4.52 Å². The van der Waals surface area contributed by atoms with Crippen LogP contribution >= 0.6 is 17.6 Å². The van der Waals surface area contributed by atoms with Gasteiger partial charge in [0.25, 0.3) is 5.95 Å². The molecule has 23 heavy (non-hydrogen) atoms. The van der Waals surface area contributed by atoms with Crippen molar-refractivity contribution in [2.45, 2.75) is 6.29 Å². The topological polar surface area (TPSA) is 67.7 Å². The standard InChI is InChI=1S/C14H19NO6P2/c1-3-7-16-13(5-1)18-9-11-20-22-15-23-21-12-10-19-14-6-2-4-8-17-14/h1-7,13,23H,8-12H2. The van der Waals surface area contributed by atoms with E-state index in [1.807, 2.05) is 24.3 Å². The van der Waals surface area contributed by atoms with E-state index in [0.717, 1.165) is 0 Å². The third kappa shape index (κ3) is 8.84. The third-order valence-corrected chi connectivity index (χ3v) is 3.74. The molecule has 0 radical (unpaired) electrons. The zero-order valence-corrected chi connectivity index (χ0v) is 14.4. The second-order valence-corrected chi connectivity index (χ2v) is 5.81. The lowest BCUT2D eigenvalue weighted by Crippen LogP contribution is -2.15. The Hall–Kier alpha value is -1.23. The van der Waals surface area contributed by atoms with Gasteiger partial charge in [0.2, 0.25) is 6.29 Å². The van der Waals surface area contributed by atoms with E-state index in [0.29, 0.717) is 47.6 Å². The van der Waals surface area contributed by atoms with E-state index in [-0.39, 0.29) is 15.2 Å². The molecule has 0 fully saturated rings. The van der Waals surface area contributed by atoms with Gasteiger partial charge in [-0.05, 0) is 18.2 Å². The van der Waals surface area contributed by atoms with Gasteiger partial charge in [-0.25, -0.2) is 0 Å². The van der Waals surface area contributed by atoms with Crippen molar-refractivity contribution >= 4 is 17.6 Å². The first kappa shape index (κ1) is 18.1. The van der Waals surface area contributed by atoms with Crippen LogP contribution in [0.1, 0.15) is 0 Å². The van der Waals surface area contributed by atoms with Gasteiger partial charge in [0.05, 0.1) is 26.1 Å². The number of hydrogen-bond acceptors (Lipinski definition) is 7. The molecule has 0 aromatic heterocycles. The second kappa shape index (κ2) is 12.2. The van der Waals surface area contributed by atoms with Crippen molar-refractivity contribution in [1.82, 2.24) is 0 Å². The lowest BCUT2D eigenvalue weighted by atomic mass is 10.4. The van der Waals surface area contributed by atoms with Crippen LogP contribution < -0.4 is 0 Å². The van der Waals surface area contributed by atoms with Gasteiger partial charge < -0.3 is 28.0 Å². The van der Waals surface area contributed by atoms with Crippen LogP contribution in [0.15, 0.2) is 53.2 Å². The van der Waals surface area contributed by atoms with Gasteiger partial charge in [-0.3, -0.25) is 0 Å². The molecule has 0 spiro atoms. The van der Waals surface area contributed by atoms with E-state index >= 15 is 0 Å². The van der Waals surface area contributed by atoms with Crippen molar-refractivity contribution in [3.63, 3.8) is 0 Å². The van der Waals surface area contributed by atoms with Crippen molar-refractivity contribution in [2.75, 3.05) is 33.0 Å². The summed E-state index contributed by atoms with van der Waals surface area (Å²) in [6.07, 6.45) is 12.3. The minimum absolute atomic E-state index is 0.0152. The first-order chi connectivity index (χ1) is 11.4. The molecule has 0 bridgehead atoms. The number of hydrogen-bond donors (Lipinski definition) is 0. The summed E-state index contributed by atoms with van der Waals surface area (Å²) in [5, 5.41) is 0. The molecule has 2 aliphatic heterocycles. The molecule has 0 amide bonds. The van der Waals surface area contributed by atoms with Crippen molar-refractivity contribution in [3.05, 3.63) is 48.7 Å². The maximum Gasteiger partial charge on any atom is 0.279 e. The summed E-state index contributed by atoms with van der Waals surface area (Å²) in [7, 11) is 0.536. The zero-order valence-electron chi connectivity index (χ0n) is 12.5. The Morgan fingerprint density at radius 3 is 3.04 bits per heavy atom. The van der Waals surface area contributed by atoms with E-state index in [1.165, 1.54) is 0 Å². The lowest BCUT2D eigenvalue weighted by Gasteiger charge is -2.14. The summed E-state index contributed by atoms with van der Waals surface area (Å²) in [5.41, 5.74) is 0. The van der Waals surface area contributed by atoms with Gasteiger partial charge in [-0.15, -0.1) is 0 Å². The summed E-state index contributed by atoms with van der Waals surface area (Å²) in [6.45, 7) is 2.30. The highest BCUT2D eigenvalue weighted by Crippen LogP contribution is 2.20. The molecule has 0 saturated heterocycles. The maximum atomic E-state index is 5.40. The molecule has 0 aliphatic carbocycles. The highest BCUT2D eigenvalue weighted by Gasteiger charge is 2.04. The van der Waals surface area contributed by atoms with Gasteiger partial charge in [-0.1, -0.05) is 12.2 Å². The Balaban J connectivity index is 1.36. The predicted molar refractivity (Wildman–Crippen MR) is 87.8 cm³/mol. The van der Waals surface area contributed by atoms with Gasteiger partial charge in [0.15, 0.2) is 8.60 Å². The van der Waals surface area contributed by atoms with Crippen LogP contribution in [0.3, 0.4) is 0 Å². The van der Waals surface area contributed by atoms with Crippen LogP contribution in [0.2, 0.25) is 0 Å². The molecule has 7 nitrogen and oxygen atoms in total. The van der Waals surface area contributed by atoms with Crippen LogP contribution in [0.4, 0.5) is 0 Å². The van der Waals surface area contributed by atoms with Crippen LogP contribution in [0.25, 0.3) is 0 Å². The molecule has 2 heterocycles. The van der Waals surface area contributed by atoms with Gasteiger partial charge in [0, 0.05) is 6.08 Å². The molecule has 2 atom stereocenters. The third-order valence-electron chi connectivity index (χ3n) is 2.45. The average Bonchev–Trinajstić information content (AvgIpc) is 2.61. The summed E-state index contributed by atoms with van der Waals surface area (Å²) in [4.78, 5) is 0. The quantitative estimate of drug-likeness (QED) is 0.416. The molecule has 2 aliphatic rings. The highest BCUT2D eigenvalue weighted by molar-refractivity contribution is 7.39. The predicted octanol–water partition coefficient (Wildman–Crippen LogP) is 3.46. The number of rotatable bonds is 11. The van der Waals surface area contributed by atoms with Gasteiger partial charge >= 0.3 is 0 Å². The molecule has 9 heteroatoms. The molecule has 0 aromatic carbocycles. The van der Waals surface area contributed by atoms with Crippen molar-refractivity contribution in [1.29, 1.82) is 0 Å². The Kier molecular flexibility index (Phi) is 9.63. The molecule has 0 saturated carbocycles. The number of nitrogens with zero attached hydrogens (tertiary/aromatic N) is 1. The normalized spacial score (nSPS) is 20.0. The average molecular weight is 359 g/mol. The van der Waals surface area contributed by atoms with E-state index < -0.39 is 0 Å². The van der Waals surface area contributed by atoms with Crippen LogP contribution in [0.5, 0.6) is 0 Å². The fraction of sp³-hybridized carbons (Fsp3) is 0.429. The fourth-order valence-corrected chi connectivity index (χ4v) is 2.41. The van der Waals surface area contributed by atoms with Crippen molar-refractivity contribution in [3.8, 4) is 0 Å². The first-order valence-corrected chi connectivity index (χ1v) is 8.69. The minimum atomic E-state index is -0.332. The Morgan fingerprint density at radius 1 is 1.22 bits per heavy atom. The molecular weight excluding hydrogens is 340 g/mol.